The topological polar surface area (TPSA) is 29.5 Å². The number of ether oxygens (including phenoxy) is 1. The first kappa shape index (κ1) is 12.4. The van der Waals surface area contributed by atoms with Gasteiger partial charge in [0.1, 0.15) is 0 Å². The predicted octanol–water partition coefficient (Wildman–Crippen LogP) is 3.59. The first-order valence-corrected chi connectivity index (χ1v) is 8.17. The predicted molar refractivity (Wildman–Crippen MR) is 86.0 cm³/mol. The maximum Gasteiger partial charge on any atom is 0.257 e. The lowest BCUT2D eigenvalue weighted by molar-refractivity contribution is -0.0275. The second-order valence-corrected chi connectivity index (χ2v) is 6.73. The Bertz CT molecular complexity index is 883. The van der Waals surface area contributed by atoms with E-state index >= 15 is 0 Å². The molecule has 3 heterocycles. The van der Waals surface area contributed by atoms with E-state index in [0.717, 1.165) is 16.0 Å². The molecule has 0 aliphatic carbocycles. The molecule has 1 amide bonds. The van der Waals surface area contributed by atoms with Gasteiger partial charge >= 0.3 is 0 Å². The zero-order valence-corrected chi connectivity index (χ0v) is 12.6. The quantitative estimate of drug-likeness (QED) is 0.687. The molecule has 3 nitrogen and oxygen atoms in total. The van der Waals surface area contributed by atoms with Gasteiger partial charge in [-0.1, -0.05) is 36.4 Å². The smallest absolute Gasteiger partial charge is 0.257 e. The monoisotopic (exact) mass is 307 g/mol. The Labute approximate surface area is 131 Å². The maximum atomic E-state index is 12.7. The Morgan fingerprint density at radius 2 is 1.91 bits per heavy atom. The fourth-order valence-electron chi connectivity index (χ4n) is 3.58. The van der Waals surface area contributed by atoms with E-state index in [0.29, 0.717) is 13.2 Å². The summed E-state index contributed by atoms with van der Waals surface area (Å²) in [5.74, 6) is 0.0746. The molecular weight excluding hydrogens is 294 g/mol. The minimum Gasteiger partial charge on any atom is -0.345 e. The zero-order valence-electron chi connectivity index (χ0n) is 11.8. The summed E-state index contributed by atoms with van der Waals surface area (Å²) in [7, 11) is 0. The van der Waals surface area contributed by atoms with Crippen molar-refractivity contribution >= 4 is 27.3 Å². The number of carbonyl (C=O) groups is 1. The largest absolute Gasteiger partial charge is 0.345 e. The lowest BCUT2D eigenvalue weighted by Gasteiger charge is -2.30. The summed E-state index contributed by atoms with van der Waals surface area (Å²) in [6, 6.07) is 18.3. The van der Waals surface area contributed by atoms with E-state index in [9.17, 15) is 4.79 Å². The van der Waals surface area contributed by atoms with Gasteiger partial charge in [0.2, 0.25) is 5.72 Å². The van der Waals surface area contributed by atoms with Gasteiger partial charge in [-0.2, -0.15) is 0 Å². The van der Waals surface area contributed by atoms with Crippen LogP contribution in [-0.4, -0.2) is 24.0 Å². The van der Waals surface area contributed by atoms with Gasteiger partial charge in [0.05, 0.1) is 11.5 Å². The van der Waals surface area contributed by atoms with Crippen molar-refractivity contribution in [1.82, 2.24) is 4.90 Å². The molecule has 0 radical (unpaired) electrons. The lowest BCUT2D eigenvalue weighted by Crippen LogP contribution is -2.39. The SMILES string of the molecule is O=C1c2ccccc2C2(c3cc4ccccc4s3)OCCN12. The summed E-state index contributed by atoms with van der Waals surface area (Å²) in [4.78, 5) is 15.7. The average Bonchev–Trinajstić information content (AvgIpc) is 3.22. The molecule has 3 aromatic rings. The molecule has 1 unspecified atom stereocenters. The third-order valence-corrected chi connectivity index (χ3v) is 5.74. The minimum atomic E-state index is -0.725. The van der Waals surface area contributed by atoms with Crippen molar-refractivity contribution in [2.24, 2.45) is 0 Å². The molecule has 4 heteroatoms. The number of fused-ring (bicyclic) bond motifs is 4. The third-order valence-electron chi connectivity index (χ3n) is 4.53. The van der Waals surface area contributed by atoms with Gasteiger partial charge < -0.3 is 4.74 Å². The molecule has 22 heavy (non-hydrogen) atoms. The maximum absolute atomic E-state index is 12.7. The number of thiophene rings is 1. The number of hydrogen-bond donors (Lipinski definition) is 0. The standard InChI is InChI=1S/C18H13NO2S/c20-17-13-6-2-3-7-14(13)18(19(17)9-10-21-18)16-11-12-5-1-4-8-15(12)22-16/h1-8,11H,9-10H2. The van der Waals surface area contributed by atoms with Gasteiger partial charge in [-0.3, -0.25) is 9.69 Å². The van der Waals surface area contributed by atoms with Crippen molar-refractivity contribution < 1.29 is 9.53 Å². The molecule has 0 spiro atoms. The normalized spacial score (nSPS) is 23.1. The Morgan fingerprint density at radius 1 is 1.09 bits per heavy atom. The second-order valence-electron chi connectivity index (χ2n) is 5.64. The highest BCUT2D eigenvalue weighted by atomic mass is 32.1. The second kappa shape index (κ2) is 4.18. The van der Waals surface area contributed by atoms with Gasteiger partial charge in [0, 0.05) is 22.4 Å². The molecule has 1 aromatic heterocycles. The van der Waals surface area contributed by atoms with E-state index in [2.05, 4.69) is 18.2 Å². The number of hydrogen-bond acceptors (Lipinski definition) is 3. The van der Waals surface area contributed by atoms with Crippen molar-refractivity contribution in [3.63, 3.8) is 0 Å². The molecule has 5 rings (SSSR count). The number of carbonyl (C=O) groups excluding carboxylic acids is 1. The van der Waals surface area contributed by atoms with Crippen LogP contribution in [-0.2, 0) is 10.5 Å². The molecular formula is C18H13NO2S. The molecule has 0 bridgehead atoms. The molecule has 0 saturated carbocycles. The van der Waals surface area contributed by atoms with E-state index in [1.54, 1.807) is 11.3 Å². The highest BCUT2D eigenvalue weighted by Gasteiger charge is 2.55. The van der Waals surface area contributed by atoms with Gasteiger partial charge in [-0.15, -0.1) is 11.3 Å². The summed E-state index contributed by atoms with van der Waals surface area (Å²) in [6.45, 7) is 1.22. The number of benzene rings is 2. The first-order chi connectivity index (χ1) is 10.8. The summed E-state index contributed by atoms with van der Waals surface area (Å²) >= 11 is 1.71. The van der Waals surface area contributed by atoms with Crippen molar-refractivity contribution in [2.75, 3.05) is 13.2 Å². The first-order valence-electron chi connectivity index (χ1n) is 7.35. The molecule has 1 atom stereocenters. The van der Waals surface area contributed by atoms with Gasteiger partial charge in [0.15, 0.2) is 0 Å². The van der Waals surface area contributed by atoms with Crippen molar-refractivity contribution in [1.29, 1.82) is 0 Å². The van der Waals surface area contributed by atoms with Crippen LogP contribution in [0.3, 0.4) is 0 Å². The highest BCUT2D eigenvalue weighted by Crippen LogP contribution is 2.50. The van der Waals surface area contributed by atoms with Crippen LogP contribution in [0.1, 0.15) is 20.8 Å². The molecule has 2 aromatic carbocycles. The Kier molecular flexibility index (Phi) is 2.35. The van der Waals surface area contributed by atoms with Gasteiger partial charge in [0.25, 0.3) is 5.91 Å². The van der Waals surface area contributed by atoms with E-state index in [1.807, 2.05) is 41.3 Å². The third kappa shape index (κ3) is 1.36. The molecule has 1 fully saturated rings. The highest BCUT2D eigenvalue weighted by molar-refractivity contribution is 7.19. The fourth-order valence-corrected chi connectivity index (χ4v) is 4.82. The van der Waals surface area contributed by atoms with Crippen LogP contribution < -0.4 is 0 Å². The lowest BCUT2D eigenvalue weighted by atomic mass is 9.99. The summed E-state index contributed by atoms with van der Waals surface area (Å²) in [6.07, 6.45) is 0. The fraction of sp³-hybridized carbons (Fsp3) is 0.167. The molecule has 1 saturated heterocycles. The van der Waals surface area contributed by atoms with Crippen LogP contribution in [0, 0.1) is 0 Å². The summed E-state index contributed by atoms with van der Waals surface area (Å²) < 4.78 is 7.41. The molecule has 108 valence electrons. The van der Waals surface area contributed by atoms with Gasteiger partial charge in [-0.25, -0.2) is 0 Å². The van der Waals surface area contributed by atoms with Crippen molar-refractivity contribution in [3.8, 4) is 0 Å². The van der Waals surface area contributed by atoms with Crippen LogP contribution in [0.25, 0.3) is 10.1 Å². The summed E-state index contributed by atoms with van der Waals surface area (Å²) in [5, 5.41) is 1.20. The van der Waals surface area contributed by atoms with Crippen molar-refractivity contribution in [2.45, 2.75) is 5.72 Å². The van der Waals surface area contributed by atoms with Crippen molar-refractivity contribution in [3.05, 3.63) is 70.6 Å². The van der Waals surface area contributed by atoms with Crippen LogP contribution in [0.5, 0.6) is 0 Å². The summed E-state index contributed by atoms with van der Waals surface area (Å²) in [5.41, 5.74) is 1.01. The minimum absolute atomic E-state index is 0.0746. The van der Waals surface area contributed by atoms with E-state index in [1.165, 1.54) is 10.1 Å². The Hall–Kier alpha value is -2.17. The van der Waals surface area contributed by atoms with Gasteiger partial charge in [-0.05, 0) is 23.6 Å². The number of nitrogens with zero attached hydrogens (tertiary/aromatic N) is 1. The Balaban J connectivity index is 1.82. The van der Waals surface area contributed by atoms with Crippen LogP contribution in [0.2, 0.25) is 0 Å². The van der Waals surface area contributed by atoms with E-state index in [4.69, 9.17) is 4.74 Å². The number of amides is 1. The average molecular weight is 307 g/mol. The number of rotatable bonds is 1. The Morgan fingerprint density at radius 3 is 2.82 bits per heavy atom. The molecule has 2 aliphatic rings. The molecule has 0 N–H and O–H groups in total. The van der Waals surface area contributed by atoms with E-state index < -0.39 is 5.72 Å². The van der Waals surface area contributed by atoms with Crippen LogP contribution in [0.15, 0.2) is 54.6 Å². The molecule has 2 aliphatic heterocycles. The van der Waals surface area contributed by atoms with Crippen LogP contribution >= 0.6 is 11.3 Å². The van der Waals surface area contributed by atoms with Crippen LogP contribution in [0.4, 0.5) is 0 Å². The zero-order chi connectivity index (χ0) is 14.7. The van der Waals surface area contributed by atoms with E-state index in [-0.39, 0.29) is 5.91 Å².